The van der Waals surface area contributed by atoms with Gasteiger partial charge in [0.05, 0.1) is 18.2 Å². The summed E-state index contributed by atoms with van der Waals surface area (Å²) in [5.41, 5.74) is 7.05. The fraction of sp³-hybridized carbons (Fsp3) is 0.344. The summed E-state index contributed by atoms with van der Waals surface area (Å²) in [6.07, 6.45) is 7.30. The number of benzene rings is 3. The first-order valence-electron chi connectivity index (χ1n) is 13.2. The summed E-state index contributed by atoms with van der Waals surface area (Å²) in [5.74, 6) is -0.251. The van der Waals surface area contributed by atoms with Crippen molar-refractivity contribution in [2.45, 2.75) is 51.2 Å². The molecule has 190 valence electrons. The van der Waals surface area contributed by atoms with Gasteiger partial charge in [-0.3, -0.25) is 0 Å². The van der Waals surface area contributed by atoms with E-state index < -0.39 is 5.60 Å². The SMILES string of the molecule is Cc1ccc2[nH]cc(CCCCN(C)CCCC3(c4ccc(F)cc4)OCc4cc(C#N)ccc43)c2c1. The van der Waals surface area contributed by atoms with Crippen LogP contribution in [0.5, 0.6) is 0 Å². The van der Waals surface area contributed by atoms with E-state index in [0.29, 0.717) is 12.2 Å². The zero-order chi connectivity index (χ0) is 25.8. The van der Waals surface area contributed by atoms with E-state index >= 15 is 0 Å². The standard InChI is InChI=1S/C32H34FN3O/c1-23-7-14-31-29(18-23)25(21-35-31)6-3-4-16-36(2)17-5-15-32(27-9-11-28(33)12-10-27)30-13-8-24(20-34)19-26(30)22-37-32/h7-14,18-19,21,35H,3-6,15-17,22H2,1-2H3. The van der Waals surface area contributed by atoms with Gasteiger partial charge in [0.2, 0.25) is 0 Å². The molecule has 0 saturated heterocycles. The number of rotatable bonds is 10. The number of hydrogen-bond acceptors (Lipinski definition) is 3. The number of nitriles is 1. The van der Waals surface area contributed by atoms with E-state index in [0.717, 1.165) is 61.9 Å². The highest BCUT2D eigenvalue weighted by molar-refractivity contribution is 5.83. The normalized spacial score (nSPS) is 16.8. The second-order valence-electron chi connectivity index (χ2n) is 10.3. The van der Waals surface area contributed by atoms with E-state index in [1.54, 1.807) is 0 Å². The number of nitrogens with one attached hydrogen (secondary N) is 1. The van der Waals surface area contributed by atoms with E-state index in [4.69, 9.17) is 4.74 Å². The molecule has 1 atom stereocenters. The highest BCUT2D eigenvalue weighted by atomic mass is 19.1. The molecule has 5 heteroatoms. The fourth-order valence-electron chi connectivity index (χ4n) is 5.67. The molecule has 1 aliphatic rings. The van der Waals surface area contributed by atoms with Crippen molar-refractivity contribution in [3.63, 3.8) is 0 Å². The van der Waals surface area contributed by atoms with Crippen LogP contribution >= 0.6 is 0 Å². The number of unbranched alkanes of at least 4 members (excludes halogenated alkanes) is 1. The van der Waals surface area contributed by atoms with Crippen LogP contribution in [0.2, 0.25) is 0 Å². The van der Waals surface area contributed by atoms with E-state index in [9.17, 15) is 9.65 Å². The van der Waals surface area contributed by atoms with Crippen LogP contribution in [0.15, 0.2) is 66.9 Å². The van der Waals surface area contributed by atoms with Crippen LogP contribution in [-0.2, 0) is 23.4 Å². The molecule has 2 heterocycles. The van der Waals surface area contributed by atoms with Crippen molar-refractivity contribution in [3.05, 3.63) is 106 Å². The number of aromatic amines is 1. The van der Waals surface area contributed by atoms with Crippen LogP contribution in [0.25, 0.3) is 10.9 Å². The molecule has 0 radical (unpaired) electrons. The van der Waals surface area contributed by atoms with Gasteiger partial charge in [-0.1, -0.05) is 29.8 Å². The summed E-state index contributed by atoms with van der Waals surface area (Å²) in [5, 5.41) is 10.7. The predicted octanol–water partition coefficient (Wildman–Crippen LogP) is 7.00. The molecule has 5 rings (SSSR count). The van der Waals surface area contributed by atoms with E-state index in [1.807, 2.05) is 30.3 Å². The van der Waals surface area contributed by atoms with Crippen molar-refractivity contribution >= 4 is 10.9 Å². The Morgan fingerprint density at radius 3 is 2.65 bits per heavy atom. The molecule has 1 aliphatic heterocycles. The van der Waals surface area contributed by atoms with Crippen molar-refractivity contribution in [2.75, 3.05) is 20.1 Å². The van der Waals surface area contributed by atoms with Crippen LogP contribution < -0.4 is 0 Å². The molecular weight excluding hydrogens is 461 g/mol. The lowest BCUT2D eigenvalue weighted by Crippen LogP contribution is -2.29. The second kappa shape index (κ2) is 10.9. The van der Waals surface area contributed by atoms with Crippen LogP contribution in [-0.4, -0.2) is 30.0 Å². The third-order valence-corrected chi connectivity index (χ3v) is 7.68. The Labute approximate surface area is 218 Å². The molecular formula is C32H34FN3O. The predicted molar refractivity (Wildman–Crippen MR) is 146 cm³/mol. The van der Waals surface area contributed by atoms with Gasteiger partial charge in [0.15, 0.2) is 0 Å². The first-order chi connectivity index (χ1) is 18.0. The minimum Gasteiger partial charge on any atom is -0.361 e. The van der Waals surface area contributed by atoms with Gasteiger partial charge in [0, 0.05) is 17.1 Å². The molecule has 0 bridgehead atoms. The Morgan fingerprint density at radius 2 is 1.84 bits per heavy atom. The van der Waals surface area contributed by atoms with Gasteiger partial charge in [0.1, 0.15) is 11.4 Å². The molecule has 0 aliphatic carbocycles. The largest absolute Gasteiger partial charge is 0.361 e. The Kier molecular flexibility index (Phi) is 7.41. The van der Waals surface area contributed by atoms with E-state index in [2.05, 4.69) is 54.3 Å². The number of nitrogens with zero attached hydrogens (tertiary/aromatic N) is 2. The minimum absolute atomic E-state index is 0.251. The number of fused-ring (bicyclic) bond motifs is 2. The van der Waals surface area contributed by atoms with Crippen LogP contribution in [0.3, 0.4) is 0 Å². The molecule has 1 unspecified atom stereocenters. The first-order valence-corrected chi connectivity index (χ1v) is 13.2. The summed E-state index contributed by atoms with van der Waals surface area (Å²) >= 11 is 0. The number of aromatic nitrogens is 1. The lowest BCUT2D eigenvalue weighted by molar-refractivity contribution is -0.0142. The fourth-order valence-corrected chi connectivity index (χ4v) is 5.67. The van der Waals surface area contributed by atoms with Crippen molar-refractivity contribution in [1.29, 1.82) is 5.26 Å². The maximum Gasteiger partial charge on any atom is 0.123 e. The first kappa shape index (κ1) is 25.2. The van der Waals surface area contributed by atoms with Gasteiger partial charge >= 0.3 is 0 Å². The summed E-state index contributed by atoms with van der Waals surface area (Å²) in [6, 6.07) is 21.3. The van der Waals surface area contributed by atoms with E-state index in [1.165, 1.54) is 34.2 Å². The number of halogens is 1. The molecule has 37 heavy (non-hydrogen) atoms. The maximum atomic E-state index is 13.7. The lowest BCUT2D eigenvalue weighted by Gasteiger charge is -2.31. The Hall–Kier alpha value is -3.46. The molecule has 1 N–H and O–H groups in total. The lowest BCUT2D eigenvalue weighted by atomic mass is 9.81. The Morgan fingerprint density at radius 1 is 1.03 bits per heavy atom. The third kappa shape index (κ3) is 5.32. The topological polar surface area (TPSA) is 52.0 Å². The quantitative estimate of drug-likeness (QED) is 0.241. The summed E-state index contributed by atoms with van der Waals surface area (Å²) in [6.45, 7) is 4.62. The molecule has 4 nitrogen and oxygen atoms in total. The summed E-state index contributed by atoms with van der Waals surface area (Å²) < 4.78 is 20.1. The molecule has 0 fully saturated rings. The minimum atomic E-state index is -0.606. The van der Waals surface area contributed by atoms with Gasteiger partial charge in [-0.15, -0.1) is 0 Å². The molecule has 4 aromatic rings. The number of hydrogen-bond donors (Lipinski definition) is 1. The summed E-state index contributed by atoms with van der Waals surface area (Å²) in [4.78, 5) is 5.79. The number of H-pyrrole nitrogens is 1. The van der Waals surface area contributed by atoms with Crippen molar-refractivity contribution in [1.82, 2.24) is 9.88 Å². The molecule has 3 aromatic carbocycles. The third-order valence-electron chi connectivity index (χ3n) is 7.68. The van der Waals surface area contributed by atoms with E-state index in [-0.39, 0.29) is 5.82 Å². The smallest absolute Gasteiger partial charge is 0.123 e. The van der Waals surface area contributed by atoms with Gasteiger partial charge in [-0.05, 0) is 118 Å². The highest BCUT2D eigenvalue weighted by Crippen LogP contribution is 2.45. The van der Waals surface area contributed by atoms with Crippen LogP contribution in [0.4, 0.5) is 4.39 Å². The number of ether oxygens (including phenoxy) is 1. The van der Waals surface area contributed by atoms with Gasteiger partial charge in [-0.2, -0.15) is 5.26 Å². The van der Waals surface area contributed by atoms with Gasteiger partial charge in [0.25, 0.3) is 0 Å². The molecule has 1 aromatic heterocycles. The zero-order valence-electron chi connectivity index (χ0n) is 21.7. The molecule has 0 spiro atoms. The van der Waals surface area contributed by atoms with Gasteiger partial charge in [-0.25, -0.2) is 4.39 Å². The van der Waals surface area contributed by atoms with Crippen molar-refractivity contribution < 1.29 is 9.13 Å². The van der Waals surface area contributed by atoms with Crippen LogP contribution in [0.1, 0.15) is 59.1 Å². The van der Waals surface area contributed by atoms with Gasteiger partial charge < -0.3 is 14.6 Å². The molecule has 0 saturated carbocycles. The van der Waals surface area contributed by atoms with Crippen molar-refractivity contribution in [2.24, 2.45) is 0 Å². The second-order valence-corrected chi connectivity index (χ2v) is 10.3. The monoisotopic (exact) mass is 495 g/mol. The number of aryl methyl sites for hydroxylation is 2. The summed E-state index contributed by atoms with van der Waals surface area (Å²) in [7, 11) is 2.18. The van der Waals surface area contributed by atoms with Crippen LogP contribution in [0, 0.1) is 24.1 Å². The average molecular weight is 496 g/mol. The Bertz CT molecular complexity index is 1420. The zero-order valence-corrected chi connectivity index (χ0v) is 21.7. The van der Waals surface area contributed by atoms with Crippen molar-refractivity contribution in [3.8, 4) is 6.07 Å². The average Bonchev–Trinajstić information content (AvgIpc) is 3.48. The molecule has 0 amide bonds. The Balaban J connectivity index is 1.18. The maximum absolute atomic E-state index is 13.7. The highest BCUT2D eigenvalue weighted by Gasteiger charge is 2.41.